The summed E-state index contributed by atoms with van der Waals surface area (Å²) < 4.78 is 5.50. The van der Waals surface area contributed by atoms with Crippen molar-refractivity contribution in [1.82, 2.24) is 5.32 Å². The predicted octanol–water partition coefficient (Wildman–Crippen LogP) is 1.88. The molecule has 1 aromatic rings. The Morgan fingerprint density at radius 3 is 2.95 bits per heavy atom. The van der Waals surface area contributed by atoms with Crippen molar-refractivity contribution in [2.45, 2.75) is 44.8 Å². The number of fused-ring (bicyclic) bond motifs is 1. The maximum Gasteiger partial charge on any atom is 0.265 e. The first-order valence-electron chi connectivity index (χ1n) is 7.66. The van der Waals surface area contributed by atoms with Crippen molar-refractivity contribution in [2.24, 2.45) is 0 Å². The fourth-order valence-electron chi connectivity index (χ4n) is 2.81. The van der Waals surface area contributed by atoms with Crippen molar-refractivity contribution >= 4 is 23.2 Å². The van der Waals surface area contributed by atoms with Crippen LogP contribution in [0, 0.1) is 0 Å². The molecule has 1 saturated heterocycles. The van der Waals surface area contributed by atoms with Crippen LogP contribution in [0.4, 0.5) is 11.4 Å². The topological polar surface area (TPSA) is 79.5 Å². The Morgan fingerprint density at radius 1 is 1.41 bits per heavy atom. The first-order valence-corrected chi connectivity index (χ1v) is 7.66. The van der Waals surface area contributed by atoms with E-state index in [9.17, 15) is 9.59 Å². The van der Waals surface area contributed by atoms with Gasteiger partial charge in [-0.1, -0.05) is 0 Å². The normalized spacial score (nSPS) is 27.4. The molecule has 0 aromatic heterocycles. The molecule has 2 aliphatic heterocycles. The van der Waals surface area contributed by atoms with Crippen LogP contribution < -0.4 is 20.7 Å². The largest absolute Gasteiger partial charge is 0.479 e. The lowest BCUT2D eigenvalue weighted by Crippen LogP contribution is -2.54. The first-order chi connectivity index (χ1) is 10.5. The monoisotopic (exact) mass is 303 g/mol. The molecular formula is C16H21N3O3. The average molecular weight is 303 g/mol. The van der Waals surface area contributed by atoms with E-state index in [2.05, 4.69) is 16.0 Å². The minimum Gasteiger partial charge on any atom is -0.479 e. The van der Waals surface area contributed by atoms with Gasteiger partial charge < -0.3 is 20.7 Å². The van der Waals surface area contributed by atoms with Gasteiger partial charge in [0.1, 0.15) is 5.75 Å². The van der Waals surface area contributed by atoms with Crippen LogP contribution in [0.5, 0.6) is 5.75 Å². The number of carbonyl (C=O) groups excluding carboxylic acids is 2. The number of ether oxygens (including phenoxy) is 1. The molecule has 6 nitrogen and oxygen atoms in total. The summed E-state index contributed by atoms with van der Waals surface area (Å²) >= 11 is 0. The second kappa shape index (κ2) is 5.61. The quantitative estimate of drug-likeness (QED) is 0.779. The lowest BCUT2D eigenvalue weighted by atomic mass is 9.90. The zero-order valence-electron chi connectivity index (χ0n) is 12.9. The van der Waals surface area contributed by atoms with Crippen molar-refractivity contribution in [3.63, 3.8) is 0 Å². The van der Waals surface area contributed by atoms with Gasteiger partial charge in [0.15, 0.2) is 6.10 Å². The van der Waals surface area contributed by atoms with E-state index in [0.29, 0.717) is 17.1 Å². The molecule has 6 heteroatoms. The molecule has 2 unspecified atom stereocenters. The fraction of sp³-hybridized carbons (Fsp3) is 0.500. The molecule has 2 aliphatic rings. The molecule has 0 radical (unpaired) electrons. The van der Waals surface area contributed by atoms with Crippen LogP contribution in [0.15, 0.2) is 18.2 Å². The molecule has 3 rings (SSSR count). The van der Waals surface area contributed by atoms with Crippen molar-refractivity contribution in [3.05, 3.63) is 18.2 Å². The summed E-state index contributed by atoms with van der Waals surface area (Å²) in [6.07, 6.45) is 2.46. The second-order valence-corrected chi connectivity index (χ2v) is 6.13. The summed E-state index contributed by atoms with van der Waals surface area (Å²) in [5, 5.41) is 8.99. The summed E-state index contributed by atoms with van der Waals surface area (Å²) in [5.41, 5.74) is 0.695. The van der Waals surface area contributed by atoms with E-state index in [4.69, 9.17) is 4.74 Å². The molecule has 0 aliphatic carbocycles. The number of benzene rings is 1. The van der Waals surface area contributed by atoms with Crippen molar-refractivity contribution in [3.8, 4) is 5.75 Å². The minimum absolute atomic E-state index is 0.0522. The van der Waals surface area contributed by atoms with Crippen LogP contribution >= 0.6 is 0 Å². The highest BCUT2D eigenvalue weighted by Crippen LogP contribution is 2.32. The minimum atomic E-state index is -0.539. The molecule has 0 spiro atoms. The van der Waals surface area contributed by atoms with Gasteiger partial charge in [-0.15, -0.1) is 0 Å². The van der Waals surface area contributed by atoms with E-state index in [1.54, 1.807) is 25.1 Å². The van der Waals surface area contributed by atoms with Crippen LogP contribution in [0.1, 0.15) is 33.1 Å². The molecule has 2 amide bonds. The Bertz CT molecular complexity index is 609. The zero-order chi connectivity index (χ0) is 15.7. The highest BCUT2D eigenvalue weighted by molar-refractivity contribution is 6.01. The number of hydrogen-bond acceptors (Lipinski definition) is 4. The number of carbonyl (C=O) groups is 2. The Balaban J connectivity index is 1.75. The van der Waals surface area contributed by atoms with Crippen molar-refractivity contribution in [1.29, 1.82) is 0 Å². The molecule has 1 aromatic carbocycles. The maximum absolute atomic E-state index is 12.5. The molecular weight excluding hydrogens is 282 g/mol. The lowest BCUT2D eigenvalue weighted by molar-refractivity contribution is -0.123. The number of nitrogens with one attached hydrogen (secondary N) is 3. The molecule has 0 bridgehead atoms. The van der Waals surface area contributed by atoms with E-state index < -0.39 is 11.6 Å². The van der Waals surface area contributed by atoms with Crippen LogP contribution in [0.2, 0.25) is 0 Å². The van der Waals surface area contributed by atoms with Crippen molar-refractivity contribution in [2.75, 3.05) is 17.2 Å². The lowest BCUT2D eigenvalue weighted by Gasteiger charge is -2.33. The summed E-state index contributed by atoms with van der Waals surface area (Å²) in [7, 11) is 0. The molecule has 118 valence electrons. The number of amides is 2. The third-order valence-electron chi connectivity index (χ3n) is 4.29. The van der Waals surface area contributed by atoms with Crippen LogP contribution in [-0.4, -0.2) is 30.0 Å². The fourth-order valence-corrected chi connectivity index (χ4v) is 2.81. The summed E-state index contributed by atoms with van der Waals surface area (Å²) in [6.45, 7) is 4.48. The number of rotatable bonds is 2. The molecule has 2 atom stereocenters. The van der Waals surface area contributed by atoms with Crippen LogP contribution in [0.25, 0.3) is 0 Å². The SMILES string of the molecule is CC1Oc2ccc(NC(=O)C3(C)CCCCN3)cc2NC1=O. The van der Waals surface area contributed by atoms with Crippen LogP contribution in [0.3, 0.4) is 0 Å². The van der Waals surface area contributed by atoms with E-state index in [1.165, 1.54) is 0 Å². The van der Waals surface area contributed by atoms with Gasteiger partial charge in [0.05, 0.1) is 11.2 Å². The van der Waals surface area contributed by atoms with Gasteiger partial charge in [-0.25, -0.2) is 0 Å². The van der Waals surface area contributed by atoms with Gasteiger partial charge in [0, 0.05) is 5.69 Å². The third kappa shape index (κ3) is 2.78. The number of piperidine rings is 1. The summed E-state index contributed by atoms with van der Waals surface area (Å²) in [5.74, 6) is 0.382. The van der Waals surface area contributed by atoms with Gasteiger partial charge in [-0.2, -0.15) is 0 Å². The van der Waals surface area contributed by atoms with Gasteiger partial charge in [0.25, 0.3) is 5.91 Å². The highest BCUT2D eigenvalue weighted by atomic mass is 16.5. The average Bonchev–Trinajstić information content (AvgIpc) is 2.49. The Labute approximate surface area is 129 Å². The van der Waals surface area contributed by atoms with Gasteiger partial charge >= 0.3 is 0 Å². The Kier molecular flexibility index (Phi) is 3.78. The van der Waals surface area contributed by atoms with Crippen LogP contribution in [-0.2, 0) is 9.59 Å². The second-order valence-electron chi connectivity index (χ2n) is 6.13. The van der Waals surface area contributed by atoms with Gasteiger partial charge in [0.2, 0.25) is 5.91 Å². The van der Waals surface area contributed by atoms with E-state index >= 15 is 0 Å². The molecule has 1 fully saturated rings. The smallest absolute Gasteiger partial charge is 0.265 e. The molecule has 0 saturated carbocycles. The van der Waals surface area contributed by atoms with Gasteiger partial charge in [-0.05, 0) is 57.9 Å². The Hall–Kier alpha value is -2.08. The third-order valence-corrected chi connectivity index (χ3v) is 4.29. The number of anilines is 2. The molecule has 22 heavy (non-hydrogen) atoms. The standard InChI is InChI=1S/C16H21N3O3/c1-10-14(20)19-12-9-11(5-6-13(12)22-10)18-15(21)16(2)7-3-4-8-17-16/h5-6,9-10,17H,3-4,7-8H2,1-2H3,(H,18,21)(H,19,20). The Morgan fingerprint density at radius 2 is 2.23 bits per heavy atom. The number of hydrogen-bond donors (Lipinski definition) is 3. The molecule has 3 N–H and O–H groups in total. The maximum atomic E-state index is 12.5. The van der Waals surface area contributed by atoms with E-state index in [0.717, 1.165) is 25.8 Å². The molecule has 2 heterocycles. The zero-order valence-corrected chi connectivity index (χ0v) is 12.9. The van der Waals surface area contributed by atoms with E-state index in [1.807, 2.05) is 6.92 Å². The predicted molar refractivity (Wildman–Crippen MR) is 84.1 cm³/mol. The first kappa shape index (κ1) is 14.8. The summed E-state index contributed by atoms with van der Waals surface area (Å²) in [4.78, 5) is 24.1. The van der Waals surface area contributed by atoms with Crippen molar-refractivity contribution < 1.29 is 14.3 Å². The van der Waals surface area contributed by atoms with Gasteiger partial charge in [-0.3, -0.25) is 9.59 Å². The summed E-state index contributed by atoms with van der Waals surface area (Å²) in [6, 6.07) is 5.27. The highest BCUT2D eigenvalue weighted by Gasteiger charge is 2.34. The van der Waals surface area contributed by atoms with E-state index in [-0.39, 0.29) is 11.8 Å².